The Hall–Kier alpha value is 0.840. The topological polar surface area (TPSA) is 44.3 Å². The van der Waals surface area contributed by atoms with E-state index < -0.39 is 0 Å². The first-order chi connectivity index (χ1) is 6.83. The van der Waals surface area contributed by atoms with E-state index in [1.807, 2.05) is 14.1 Å². The average molecular weight is 350 g/mol. The van der Waals surface area contributed by atoms with Gasteiger partial charge >= 0.3 is 0 Å². The van der Waals surface area contributed by atoms with E-state index in [1.165, 1.54) is 12.8 Å². The van der Waals surface area contributed by atoms with E-state index in [9.17, 15) is 0 Å². The van der Waals surface area contributed by atoms with Crippen molar-refractivity contribution in [2.45, 2.75) is 25.7 Å². The second kappa shape index (κ2) is 24.2. The Balaban J connectivity index is -0.000000180. The third kappa shape index (κ3) is 31.3. The lowest BCUT2D eigenvalue weighted by molar-refractivity contribution is 0.284. The number of unbranched alkanes of at least 4 members (excludes halogenated alkanes) is 2. The van der Waals surface area contributed by atoms with Crippen LogP contribution in [0.1, 0.15) is 25.7 Å². The predicted molar refractivity (Wildman–Crippen MR) is 77.5 cm³/mol. The lowest BCUT2D eigenvalue weighted by Crippen LogP contribution is -2.07. The number of hydrogen-bond donors (Lipinski definition) is 3. The van der Waals surface area contributed by atoms with Gasteiger partial charge in [0.15, 0.2) is 0 Å². The van der Waals surface area contributed by atoms with Gasteiger partial charge in [0.1, 0.15) is 0 Å². The van der Waals surface area contributed by atoms with E-state index in [0.717, 1.165) is 31.3 Å². The van der Waals surface area contributed by atoms with Gasteiger partial charge in [-0.2, -0.15) is 0 Å². The second-order valence-corrected chi connectivity index (χ2v) is 3.83. The first-order valence-electron chi connectivity index (χ1n) is 5.29. The van der Waals surface area contributed by atoms with E-state index in [1.54, 1.807) is 0 Å². The largest absolute Gasteiger partial charge is 0.396 e. The quantitative estimate of drug-likeness (QED) is 0.463. The minimum atomic E-state index is 0. The summed E-state index contributed by atoms with van der Waals surface area (Å²) in [5.74, 6) is 0. The Labute approximate surface area is 113 Å². The van der Waals surface area contributed by atoms with Crippen LogP contribution in [0.5, 0.6) is 0 Å². The molecule has 0 aromatic heterocycles. The maximum absolute atomic E-state index is 8.27. The summed E-state index contributed by atoms with van der Waals surface area (Å²) < 4.78 is 0. The van der Waals surface area contributed by atoms with Crippen LogP contribution in [0.25, 0.3) is 0 Å². The molecule has 0 radical (unpaired) electrons. The van der Waals surface area contributed by atoms with Crippen LogP contribution in [0.4, 0.5) is 0 Å². The SMILES string of the molecule is Br.CNCCCCBr.CNCCCCO. The molecule has 15 heavy (non-hydrogen) atoms. The molecule has 5 heteroatoms. The minimum absolute atomic E-state index is 0. The molecular formula is C10H26Br2N2O. The van der Waals surface area contributed by atoms with Crippen LogP contribution in [0.3, 0.4) is 0 Å². The molecule has 0 rings (SSSR count). The van der Waals surface area contributed by atoms with Crippen LogP contribution in [0, 0.1) is 0 Å². The van der Waals surface area contributed by atoms with E-state index in [0.29, 0.717) is 6.61 Å². The normalized spacial score (nSPS) is 8.80. The second-order valence-electron chi connectivity index (χ2n) is 3.03. The molecule has 0 bridgehead atoms. The number of nitrogens with one attached hydrogen (secondary N) is 2. The van der Waals surface area contributed by atoms with Gasteiger partial charge < -0.3 is 15.7 Å². The van der Waals surface area contributed by atoms with Gasteiger partial charge in [-0.25, -0.2) is 0 Å². The first-order valence-corrected chi connectivity index (χ1v) is 6.41. The first kappa shape index (κ1) is 21.2. The van der Waals surface area contributed by atoms with Crippen molar-refractivity contribution in [3.8, 4) is 0 Å². The summed E-state index contributed by atoms with van der Waals surface area (Å²) in [4.78, 5) is 0. The smallest absolute Gasteiger partial charge is 0.0431 e. The number of alkyl halides is 1. The summed E-state index contributed by atoms with van der Waals surface area (Å²) in [5, 5.41) is 15.5. The van der Waals surface area contributed by atoms with Crippen molar-refractivity contribution < 1.29 is 5.11 Å². The van der Waals surface area contributed by atoms with Crippen molar-refractivity contribution in [1.29, 1.82) is 0 Å². The Morgan fingerprint density at radius 1 is 0.933 bits per heavy atom. The van der Waals surface area contributed by atoms with Gasteiger partial charge in [0.25, 0.3) is 0 Å². The molecule has 0 atom stereocenters. The molecule has 0 aromatic rings. The fraction of sp³-hybridized carbons (Fsp3) is 1.00. The molecule has 0 aromatic carbocycles. The number of aliphatic hydroxyl groups excluding tert-OH is 1. The fourth-order valence-corrected chi connectivity index (χ4v) is 1.21. The summed E-state index contributed by atoms with van der Waals surface area (Å²) in [6.45, 7) is 2.48. The Morgan fingerprint density at radius 2 is 1.40 bits per heavy atom. The summed E-state index contributed by atoms with van der Waals surface area (Å²) in [5.41, 5.74) is 0. The fourth-order valence-electron chi connectivity index (χ4n) is 0.810. The molecule has 0 spiro atoms. The van der Waals surface area contributed by atoms with Crippen molar-refractivity contribution in [2.24, 2.45) is 0 Å². The van der Waals surface area contributed by atoms with Crippen molar-refractivity contribution in [3.63, 3.8) is 0 Å². The van der Waals surface area contributed by atoms with Gasteiger partial charge in [-0.1, -0.05) is 15.9 Å². The molecular weight excluding hydrogens is 324 g/mol. The van der Waals surface area contributed by atoms with Gasteiger partial charge in [0.05, 0.1) is 0 Å². The van der Waals surface area contributed by atoms with Crippen LogP contribution in [0.15, 0.2) is 0 Å². The van der Waals surface area contributed by atoms with E-state index >= 15 is 0 Å². The van der Waals surface area contributed by atoms with Crippen LogP contribution in [-0.2, 0) is 0 Å². The van der Waals surface area contributed by atoms with Gasteiger partial charge in [0.2, 0.25) is 0 Å². The summed E-state index contributed by atoms with van der Waals surface area (Å²) in [7, 11) is 3.89. The van der Waals surface area contributed by atoms with Crippen molar-refractivity contribution >= 4 is 32.9 Å². The monoisotopic (exact) mass is 348 g/mol. The number of rotatable bonds is 8. The van der Waals surface area contributed by atoms with Crippen LogP contribution >= 0.6 is 32.9 Å². The minimum Gasteiger partial charge on any atom is -0.396 e. The summed E-state index contributed by atoms with van der Waals surface area (Å²) in [6.07, 6.45) is 4.55. The van der Waals surface area contributed by atoms with Crippen molar-refractivity contribution in [2.75, 3.05) is 39.1 Å². The zero-order valence-electron chi connectivity index (χ0n) is 9.89. The highest BCUT2D eigenvalue weighted by Crippen LogP contribution is 1.90. The Morgan fingerprint density at radius 3 is 1.73 bits per heavy atom. The highest BCUT2D eigenvalue weighted by Gasteiger charge is 1.80. The highest BCUT2D eigenvalue weighted by atomic mass is 79.9. The van der Waals surface area contributed by atoms with Gasteiger partial charge in [-0.15, -0.1) is 17.0 Å². The Kier molecular flexibility index (Phi) is 34.1. The van der Waals surface area contributed by atoms with Crippen molar-refractivity contribution in [1.82, 2.24) is 10.6 Å². The lowest BCUT2D eigenvalue weighted by atomic mass is 10.3. The molecule has 96 valence electrons. The standard InChI is InChI=1S/C5H12BrN.C5H13NO.BrH/c1-7-5-3-2-4-6;1-6-4-2-3-5-7;/h7H,2-5H2,1H3;6-7H,2-5H2,1H3;1H. The van der Waals surface area contributed by atoms with Gasteiger partial charge in [-0.3, -0.25) is 0 Å². The molecule has 0 heterocycles. The maximum atomic E-state index is 8.27. The predicted octanol–water partition coefficient (Wildman–Crippen LogP) is 1.94. The molecule has 0 aliphatic heterocycles. The van der Waals surface area contributed by atoms with Gasteiger partial charge in [-0.05, 0) is 52.9 Å². The molecule has 0 aliphatic rings. The molecule has 3 nitrogen and oxygen atoms in total. The van der Waals surface area contributed by atoms with Crippen LogP contribution in [0.2, 0.25) is 0 Å². The van der Waals surface area contributed by atoms with Gasteiger partial charge in [0, 0.05) is 11.9 Å². The third-order valence-electron chi connectivity index (χ3n) is 1.65. The molecule has 0 aliphatic carbocycles. The highest BCUT2D eigenvalue weighted by molar-refractivity contribution is 9.09. The van der Waals surface area contributed by atoms with Crippen molar-refractivity contribution in [3.05, 3.63) is 0 Å². The Bertz CT molecular complexity index is 69.8. The zero-order chi connectivity index (χ0) is 11.1. The molecule has 0 fully saturated rings. The molecule has 0 amide bonds. The average Bonchev–Trinajstić information content (AvgIpc) is 2.21. The molecule has 0 saturated carbocycles. The summed E-state index contributed by atoms with van der Waals surface area (Å²) in [6, 6.07) is 0. The molecule has 3 N–H and O–H groups in total. The number of aliphatic hydroxyl groups is 1. The summed E-state index contributed by atoms with van der Waals surface area (Å²) >= 11 is 3.35. The van der Waals surface area contributed by atoms with E-state index in [4.69, 9.17) is 5.11 Å². The maximum Gasteiger partial charge on any atom is 0.0431 e. The zero-order valence-corrected chi connectivity index (χ0v) is 13.2. The number of hydrogen-bond acceptors (Lipinski definition) is 3. The molecule has 0 unspecified atom stereocenters. The number of halogens is 2. The van der Waals surface area contributed by atoms with Crippen LogP contribution < -0.4 is 10.6 Å². The van der Waals surface area contributed by atoms with E-state index in [2.05, 4.69) is 26.6 Å². The lowest BCUT2D eigenvalue weighted by Gasteiger charge is -1.92. The molecule has 0 saturated heterocycles. The van der Waals surface area contributed by atoms with Crippen LogP contribution in [-0.4, -0.2) is 44.2 Å². The van der Waals surface area contributed by atoms with E-state index in [-0.39, 0.29) is 17.0 Å². The third-order valence-corrected chi connectivity index (χ3v) is 2.21.